The molecular weight excluding hydrogens is 354 g/mol. The monoisotopic (exact) mass is 381 g/mol. The van der Waals surface area contributed by atoms with Crippen LogP contribution in [0.3, 0.4) is 0 Å². The Bertz CT molecular complexity index is 857. The minimum absolute atomic E-state index is 0.0958. The highest BCUT2D eigenvalue weighted by molar-refractivity contribution is 7.89. The predicted octanol–water partition coefficient (Wildman–Crippen LogP) is 3.89. The van der Waals surface area contributed by atoms with Crippen LogP contribution in [0, 0.1) is 0 Å². The molecular formula is C18H27NO4SSi. The second kappa shape index (κ2) is 7.07. The van der Waals surface area contributed by atoms with E-state index in [-0.39, 0.29) is 9.93 Å². The van der Waals surface area contributed by atoms with E-state index in [9.17, 15) is 8.42 Å². The molecule has 5 nitrogen and oxygen atoms in total. The molecule has 0 bridgehead atoms. The van der Waals surface area contributed by atoms with Crippen LogP contribution in [-0.2, 0) is 14.4 Å². The summed E-state index contributed by atoms with van der Waals surface area (Å²) in [6.07, 6.45) is 0. The maximum Gasteiger partial charge on any atom is 0.238 e. The van der Waals surface area contributed by atoms with Gasteiger partial charge in [-0.15, -0.1) is 0 Å². The normalized spacial score (nSPS) is 13.2. The van der Waals surface area contributed by atoms with Crippen LogP contribution in [-0.4, -0.2) is 29.9 Å². The Labute approximate surface area is 151 Å². The number of benzene rings is 2. The summed E-state index contributed by atoms with van der Waals surface area (Å²) < 4.78 is 34.8. The number of fused-ring (bicyclic) bond motifs is 1. The lowest BCUT2D eigenvalue weighted by molar-refractivity contribution is 0.203. The van der Waals surface area contributed by atoms with Gasteiger partial charge in [0.25, 0.3) is 0 Å². The highest BCUT2D eigenvalue weighted by Gasteiger charge is 2.36. The summed E-state index contributed by atoms with van der Waals surface area (Å²) >= 11 is 0. The number of hydrogen-bond acceptors (Lipinski definition) is 4. The Morgan fingerprint density at radius 1 is 1.00 bits per heavy atom. The summed E-state index contributed by atoms with van der Waals surface area (Å²) in [7, 11) is -5.49. The summed E-state index contributed by atoms with van der Waals surface area (Å²) in [5, 5.41) is 7.06. The van der Waals surface area contributed by atoms with Gasteiger partial charge in [-0.25, -0.2) is 13.6 Å². The summed E-state index contributed by atoms with van der Waals surface area (Å²) in [6.45, 7) is 12.0. The van der Waals surface area contributed by atoms with Gasteiger partial charge in [0, 0.05) is 0 Å². The van der Waals surface area contributed by atoms with Crippen LogP contribution < -0.4 is 9.88 Å². The SMILES string of the molecule is CC(C)(C)[Si](C)(C)OCCOc1ccc2ccc(S(N)(=O)=O)cc2c1. The van der Waals surface area contributed by atoms with Crippen molar-refractivity contribution in [1.82, 2.24) is 0 Å². The van der Waals surface area contributed by atoms with E-state index < -0.39 is 18.3 Å². The van der Waals surface area contributed by atoms with Gasteiger partial charge in [0.15, 0.2) is 8.32 Å². The van der Waals surface area contributed by atoms with Crippen LogP contribution in [0.2, 0.25) is 18.1 Å². The lowest BCUT2D eigenvalue weighted by Gasteiger charge is -2.36. The quantitative estimate of drug-likeness (QED) is 0.608. The van der Waals surface area contributed by atoms with Crippen molar-refractivity contribution in [1.29, 1.82) is 0 Å². The highest BCUT2D eigenvalue weighted by atomic mass is 32.2. The van der Waals surface area contributed by atoms with Gasteiger partial charge in [0.1, 0.15) is 12.4 Å². The molecule has 2 rings (SSSR count). The van der Waals surface area contributed by atoms with Crippen molar-refractivity contribution < 1.29 is 17.6 Å². The summed E-state index contributed by atoms with van der Waals surface area (Å²) in [5.41, 5.74) is 0. The Morgan fingerprint density at radius 2 is 1.64 bits per heavy atom. The fourth-order valence-electron chi connectivity index (χ4n) is 2.14. The molecule has 0 radical (unpaired) electrons. The van der Waals surface area contributed by atoms with Gasteiger partial charge in [0.2, 0.25) is 10.0 Å². The largest absolute Gasteiger partial charge is 0.491 e. The molecule has 2 aromatic rings. The summed E-state index contributed by atoms with van der Waals surface area (Å²) in [6, 6.07) is 10.4. The van der Waals surface area contributed by atoms with Gasteiger partial charge in [-0.05, 0) is 53.2 Å². The zero-order valence-corrected chi connectivity index (χ0v) is 17.3. The Balaban J connectivity index is 2.05. The third-order valence-electron chi connectivity index (χ3n) is 4.73. The first kappa shape index (κ1) is 19.9. The van der Waals surface area contributed by atoms with Crippen LogP contribution in [0.4, 0.5) is 0 Å². The zero-order valence-electron chi connectivity index (χ0n) is 15.5. The van der Waals surface area contributed by atoms with E-state index in [0.29, 0.717) is 19.0 Å². The molecule has 0 aromatic heterocycles. The second-order valence-corrected chi connectivity index (χ2v) is 14.0. The minimum atomic E-state index is -3.71. The molecule has 0 saturated heterocycles. The van der Waals surface area contributed by atoms with E-state index >= 15 is 0 Å². The van der Waals surface area contributed by atoms with Gasteiger partial charge >= 0.3 is 0 Å². The number of sulfonamides is 1. The lowest BCUT2D eigenvalue weighted by atomic mass is 10.1. The first-order valence-electron chi connectivity index (χ1n) is 8.23. The van der Waals surface area contributed by atoms with Crippen LogP contribution in [0.1, 0.15) is 20.8 Å². The summed E-state index contributed by atoms with van der Waals surface area (Å²) in [5.74, 6) is 0.679. The molecule has 0 aliphatic carbocycles. The van der Waals surface area contributed by atoms with Crippen molar-refractivity contribution in [2.45, 2.75) is 43.8 Å². The molecule has 0 saturated carbocycles. The van der Waals surface area contributed by atoms with E-state index in [1.165, 1.54) is 6.07 Å². The molecule has 25 heavy (non-hydrogen) atoms. The Morgan fingerprint density at radius 3 is 2.24 bits per heavy atom. The number of rotatable bonds is 6. The maximum absolute atomic E-state index is 11.5. The number of ether oxygens (including phenoxy) is 1. The lowest BCUT2D eigenvalue weighted by Crippen LogP contribution is -2.41. The molecule has 0 aliphatic rings. The third kappa shape index (κ3) is 5.04. The van der Waals surface area contributed by atoms with Gasteiger partial charge < -0.3 is 9.16 Å². The second-order valence-electron chi connectivity index (χ2n) is 7.67. The topological polar surface area (TPSA) is 78.6 Å². The van der Waals surface area contributed by atoms with Crippen molar-refractivity contribution in [3.8, 4) is 5.75 Å². The molecule has 0 fully saturated rings. The third-order valence-corrected chi connectivity index (χ3v) is 10.2. The Kier molecular flexibility index (Phi) is 5.63. The molecule has 0 aliphatic heterocycles. The van der Waals surface area contributed by atoms with Crippen LogP contribution in [0.5, 0.6) is 5.75 Å². The molecule has 2 aromatic carbocycles. The fourth-order valence-corrected chi connectivity index (χ4v) is 3.72. The first-order valence-corrected chi connectivity index (χ1v) is 12.7. The molecule has 0 heterocycles. The fraction of sp³-hybridized carbons (Fsp3) is 0.444. The summed E-state index contributed by atoms with van der Waals surface area (Å²) in [4.78, 5) is 0.0958. The average molecular weight is 382 g/mol. The van der Waals surface area contributed by atoms with E-state index in [2.05, 4.69) is 33.9 Å². The van der Waals surface area contributed by atoms with Crippen LogP contribution in [0.25, 0.3) is 10.8 Å². The standard InChI is InChI=1S/C18H27NO4SSi/c1-18(2,3)25(4,5)23-11-10-22-16-8-6-14-7-9-17(24(19,20)21)13-15(14)12-16/h6-9,12-13H,10-11H2,1-5H3,(H2,19,20,21). The molecule has 0 unspecified atom stereocenters. The molecule has 7 heteroatoms. The number of hydrogen-bond donors (Lipinski definition) is 1. The van der Waals surface area contributed by atoms with E-state index in [1.54, 1.807) is 12.1 Å². The van der Waals surface area contributed by atoms with Crippen LogP contribution in [0.15, 0.2) is 41.3 Å². The van der Waals surface area contributed by atoms with Crippen molar-refractivity contribution in [2.24, 2.45) is 5.14 Å². The number of primary sulfonamides is 1. The smallest absolute Gasteiger partial charge is 0.238 e. The molecule has 2 N–H and O–H groups in total. The van der Waals surface area contributed by atoms with Crippen molar-refractivity contribution >= 4 is 29.1 Å². The molecule has 0 amide bonds. The van der Waals surface area contributed by atoms with Gasteiger partial charge in [-0.3, -0.25) is 0 Å². The van der Waals surface area contributed by atoms with Crippen molar-refractivity contribution in [3.05, 3.63) is 36.4 Å². The van der Waals surface area contributed by atoms with Gasteiger partial charge in [-0.2, -0.15) is 0 Å². The van der Waals surface area contributed by atoms with Crippen LogP contribution >= 0.6 is 0 Å². The minimum Gasteiger partial charge on any atom is -0.491 e. The first-order chi connectivity index (χ1) is 11.4. The highest BCUT2D eigenvalue weighted by Crippen LogP contribution is 2.36. The van der Waals surface area contributed by atoms with E-state index in [0.717, 1.165) is 10.8 Å². The average Bonchev–Trinajstić information content (AvgIpc) is 2.49. The van der Waals surface area contributed by atoms with Gasteiger partial charge in [0.05, 0.1) is 11.5 Å². The molecule has 0 atom stereocenters. The zero-order chi connectivity index (χ0) is 18.9. The molecule has 138 valence electrons. The maximum atomic E-state index is 11.5. The number of nitrogens with two attached hydrogens (primary N) is 1. The Hall–Kier alpha value is -1.41. The van der Waals surface area contributed by atoms with Crippen molar-refractivity contribution in [3.63, 3.8) is 0 Å². The van der Waals surface area contributed by atoms with E-state index in [4.69, 9.17) is 14.3 Å². The van der Waals surface area contributed by atoms with Gasteiger partial charge in [-0.1, -0.05) is 32.9 Å². The predicted molar refractivity (Wildman–Crippen MR) is 104 cm³/mol. The molecule has 0 spiro atoms. The van der Waals surface area contributed by atoms with E-state index in [1.807, 2.05) is 18.2 Å². The van der Waals surface area contributed by atoms with Crippen molar-refractivity contribution in [2.75, 3.05) is 13.2 Å².